The van der Waals surface area contributed by atoms with Gasteiger partial charge < -0.3 is 4.29 Å². The van der Waals surface area contributed by atoms with Crippen molar-refractivity contribution >= 4 is 23.9 Å². The highest BCUT2D eigenvalue weighted by Gasteiger charge is 2.13. The molecule has 2 rings (SSSR count). The van der Waals surface area contributed by atoms with E-state index in [-0.39, 0.29) is 0 Å². The molecular weight excluding hydrogens is 212 g/mol. The standard InChI is InChI=1S/C12H9ClO2/c13-15-12(14)11-7-3-6-9-4-1-2-5-10(9)8-11/h1-7H,8H2. The highest BCUT2D eigenvalue weighted by Crippen LogP contribution is 2.19. The molecule has 0 saturated carbocycles. The molecule has 0 spiro atoms. The van der Waals surface area contributed by atoms with E-state index in [1.165, 1.54) is 0 Å². The molecule has 1 aliphatic rings. The Morgan fingerprint density at radius 1 is 1.33 bits per heavy atom. The Morgan fingerprint density at radius 2 is 2.13 bits per heavy atom. The number of hydrogen-bond donors (Lipinski definition) is 0. The van der Waals surface area contributed by atoms with Gasteiger partial charge in [-0.05, 0) is 11.1 Å². The lowest BCUT2D eigenvalue weighted by molar-refractivity contribution is -0.129. The summed E-state index contributed by atoms with van der Waals surface area (Å²) in [6, 6.07) is 7.91. The van der Waals surface area contributed by atoms with E-state index in [0.717, 1.165) is 11.1 Å². The molecule has 0 aromatic heterocycles. The molecule has 3 heteroatoms. The van der Waals surface area contributed by atoms with Crippen LogP contribution in [-0.4, -0.2) is 5.97 Å². The second kappa shape index (κ2) is 4.32. The lowest BCUT2D eigenvalue weighted by Gasteiger charge is -2.04. The predicted molar refractivity (Wildman–Crippen MR) is 59.2 cm³/mol. The van der Waals surface area contributed by atoms with Crippen LogP contribution >= 0.6 is 11.9 Å². The topological polar surface area (TPSA) is 26.3 Å². The van der Waals surface area contributed by atoms with Gasteiger partial charge >= 0.3 is 5.97 Å². The van der Waals surface area contributed by atoms with Gasteiger partial charge in [0.15, 0.2) is 0 Å². The van der Waals surface area contributed by atoms with Crippen molar-refractivity contribution in [2.45, 2.75) is 6.42 Å². The van der Waals surface area contributed by atoms with Crippen LogP contribution in [0.25, 0.3) is 6.08 Å². The molecule has 0 fully saturated rings. The van der Waals surface area contributed by atoms with Crippen molar-refractivity contribution in [1.82, 2.24) is 0 Å². The number of fused-ring (bicyclic) bond motifs is 1. The monoisotopic (exact) mass is 220 g/mol. The minimum absolute atomic E-state index is 0.488. The summed E-state index contributed by atoms with van der Waals surface area (Å²) in [5.74, 6) is -0.488. The summed E-state index contributed by atoms with van der Waals surface area (Å²) < 4.78 is 4.19. The molecule has 0 N–H and O–H groups in total. The molecule has 0 atom stereocenters. The summed E-state index contributed by atoms with van der Waals surface area (Å²) in [6.07, 6.45) is 6.07. The van der Waals surface area contributed by atoms with Gasteiger partial charge in [0, 0.05) is 12.0 Å². The summed E-state index contributed by atoms with van der Waals surface area (Å²) in [6.45, 7) is 0. The van der Waals surface area contributed by atoms with Gasteiger partial charge in [0.25, 0.3) is 0 Å². The average molecular weight is 221 g/mol. The molecule has 0 radical (unpaired) electrons. The smallest absolute Gasteiger partial charge is 0.343 e. The molecule has 1 aliphatic carbocycles. The van der Waals surface area contributed by atoms with Crippen LogP contribution in [0.2, 0.25) is 0 Å². The molecule has 15 heavy (non-hydrogen) atoms. The number of allylic oxidation sites excluding steroid dienone is 2. The fourth-order valence-electron chi connectivity index (χ4n) is 1.58. The first-order valence-corrected chi connectivity index (χ1v) is 4.90. The normalized spacial score (nSPS) is 13.8. The number of carbonyl (C=O) groups is 1. The first-order valence-electron chi connectivity index (χ1n) is 4.59. The molecule has 2 nitrogen and oxygen atoms in total. The van der Waals surface area contributed by atoms with E-state index in [1.54, 1.807) is 6.08 Å². The SMILES string of the molecule is O=C(OCl)C1=CC=Cc2ccccc2C1. The fraction of sp³-hybridized carbons (Fsp3) is 0.0833. The minimum Gasteiger partial charge on any atom is -0.343 e. The van der Waals surface area contributed by atoms with E-state index in [2.05, 4.69) is 4.29 Å². The lowest BCUT2D eigenvalue weighted by Crippen LogP contribution is -2.04. The third-order valence-electron chi connectivity index (χ3n) is 2.34. The highest BCUT2D eigenvalue weighted by atomic mass is 35.5. The van der Waals surface area contributed by atoms with Gasteiger partial charge in [0.2, 0.25) is 0 Å². The van der Waals surface area contributed by atoms with Crippen LogP contribution in [0.5, 0.6) is 0 Å². The van der Waals surface area contributed by atoms with Crippen molar-refractivity contribution in [1.29, 1.82) is 0 Å². The third-order valence-corrected chi connectivity index (χ3v) is 2.48. The van der Waals surface area contributed by atoms with Gasteiger partial charge in [-0.1, -0.05) is 42.5 Å². The Morgan fingerprint density at radius 3 is 2.93 bits per heavy atom. The van der Waals surface area contributed by atoms with E-state index in [4.69, 9.17) is 11.9 Å². The van der Waals surface area contributed by atoms with Crippen LogP contribution in [0.15, 0.2) is 42.0 Å². The van der Waals surface area contributed by atoms with Crippen LogP contribution < -0.4 is 0 Å². The molecule has 0 bridgehead atoms. The number of halogens is 1. The van der Waals surface area contributed by atoms with E-state index in [9.17, 15) is 4.79 Å². The molecule has 76 valence electrons. The van der Waals surface area contributed by atoms with Crippen LogP contribution in [0.4, 0.5) is 0 Å². The Hall–Kier alpha value is -1.54. The Kier molecular flexibility index (Phi) is 2.88. The van der Waals surface area contributed by atoms with Crippen molar-refractivity contribution in [3.63, 3.8) is 0 Å². The number of carbonyl (C=O) groups excluding carboxylic acids is 1. The molecule has 0 aliphatic heterocycles. The molecule has 1 aromatic carbocycles. The Labute approximate surface area is 93.0 Å². The van der Waals surface area contributed by atoms with Crippen molar-refractivity contribution in [2.75, 3.05) is 0 Å². The Bertz CT molecular complexity index is 447. The number of benzene rings is 1. The van der Waals surface area contributed by atoms with Gasteiger partial charge in [-0.3, -0.25) is 0 Å². The first kappa shape index (κ1) is 9.99. The maximum absolute atomic E-state index is 11.3. The fourth-order valence-corrected chi connectivity index (χ4v) is 1.68. The number of rotatable bonds is 1. The summed E-state index contributed by atoms with van der Waals surface area (Å²) in [4.78, 5) is 11.3. The largest absolute Gasteiger partial charge is 0.352 e. The van der Waals surface area contributed by atoms with E-state index in [0.29, 0.717) is 12.0 Å². The van der Waals surface area contributed by atoms with Crippen molar-refractivity contribution < 1.29 is 9.08 Å². The minimum atomic E-state index is -0.488. The number of hydrogen-bond acceptors (Lipinski definition) is 2. The van der Waals surface area contributed by atoms with Crippen LogP contribution in [0.3, 0.4) is 0 Å². The van der Waals surface area contributed by atoms with Gasteiger partial charge in [-0.25, -0.2) is 4.79 Å². The predicted octanol–water partition coefficient (Wildman–Crippen LogP) is 2.88. The molecule has 0 heterocycles. The van der Waals surface area contributed by atoms with E-state index < -0.39 is 5.97 Å². The summed E-state index contributed by atoms with van der Waals surface area (Å²) in [5.41, 5.74) is 2.77. The van der Waals surface area contributed by atoms with Crippen LogP contribution in [0, 0.1) is 0 Å². The molecule has 0 amide bonds. The maximum atomic E-state index is 11.3. The average Bonchev–Trinajstić information content (AvgIpc) is 2.49. The summed E-state index contributed by atoms with van der Waals surface area (Å²) in [5, 5.41) is 0. The summed E-state index contributed by atoms with van der Waals surface area (Å²) in [7, 11) is 0. The van der Waals surface area contributed by atoms with Crippen molar-refractivity contribution in [2.24, 2.45) is 0 Å². The van der Waals surface area contributed by atoms with E-state index >= 15 is 0 Å². The molecule has 0 unspecified atom stereocenters. The van der Waals surface area contributed by atoms with Gasteiger partial charge in [-0.15, -0.1) is 0 Å². The van der Waals surface area contributed by atoms with Gasteiger partial charge in [-0.2, -0.15) is 0 Å². The van der Waals surface area contributed by atoms with Crippen LogP contribution in [0.1, 0.15) is 11.1 Å². The quantitative estimate of drug-likeness (QED) is 0.728. The molecule has 0 saturated heterocycles. The van der Waals surface area contributed by atoms with Crippen molar-refractivity contribution in [3.05, 3.63) is 53.1 Å². The Balaban J connectivity index is 2.35. The zero-order valence-electron chi connectivity index (χ0n) is 7.94. The summed E-state index contributed by atoms with van der Waals surface area (Å²) >= 11 is 5.05. The zero-order chi connectivity index (χ0) is 10.7. The van der Waals surface area contributed by atoms with E-state index in [1.807, 2.05) is 36.4 Å². The lowest BCUT2D eigenvalue weighted by atomic mass is 10.0. The highest BCUT2D eigenvalue weighted by molar-refractivity contribution is 6.15. The maximum Gasteiger partial charge on any atom is 0.352 e. The van der Waals surface area contributed by atoms with Crippen molar-refractivity contribution in [3.8, 4) is 0 Å². The molecule has 1 aromatic rings. The van der Waals surface area contributed by atoms with Crippen LogP contribution in [-0.2, 0) is 15.5 Å². The van der Waals surface area contributed by atoms with Gasteiger partial charge in [0.05, 0.1) is 0 Å². The zero-order valence-corrected chi connectivity index (χ0v) is 8.70. The third kappa shape index (κ3) is 2.10. The van der Waals surface area contributed by atoms with Gasteiger partial charge in [0.1, 0.15) is 11.9 Å². The molecular formula is C12H9ClO2. The second-order valence-corrected chi connectivity index (χ2v) is 3.45. The second-order valence-electron chi connectivity index (χ2n) is 3.29. The first-order chi connectivity index (χ1) is 7.31.